The molecule has 1 aliphatic rings. The summed E-state index contributed by atoms with van der Waals surface area (Å²) in [4.78, 5) is 38.3. The molecule has 9 heteroatoms. The molecule has 1 aliphatic heterocycles. The van der Waals surface area contributed by atoms with Gasteiger partial charge in [0.25, 0.3) is 11.8 Å². The van der Waals surface area contributed by atoms with Gasteiger partial charge in [0.05, 0.1) is 6.04 Å². The second-order valence-electron chi connectivity index (χ2n) is 8.55. The van der Waals surface area contributed by atoms with Crippen LogP contribution in [0.3, 0.4) is 0 Å². The molecule has 0 aliphatic carbocycles. The van der Waals surface area contributed by atoms with Crippen molar-refractivity contribution in [3.63, 3.8) is 0 Å². The number of imide groups is 1. The highest BCUT2D eigenvalue weighted by molar-refractivity contribution is 8.00. The van der Waals surface area contributed by atoms with Crippen molar-refractivity contribution >= 4 is 29.5 Å². The first kappa shape index (κ1) is 24.8. The van der Waals surface area contributed by atoms with Crippen LogP contribution in [0.25, 0.3) is 0 Å². The molecule has 3 amide bonds. The molecule has 0 bridgehead atoms. The van der Waals surface area contributed by atoms with E-state index in [4.69, 9.17) is 0 Å². The van der Waals surface area contributed by atoms with Crippen LogP contribution in [-0.4, -0.2) is 56.7 Å². The van der Waals surface area contributed by atoms with Crippen molar-refractivity contribution in [2.45, 2.75) is 50.1 Å². The Balaban J connectivity index is 1.78. The molecule has 5 N–H and O–H groups in total. The average Bonchev–Trinajstić information content (AvgIpc) is 3.14. The summed E-state index contributed by atoms with van der Waals surface area (Å²) in [6, 6.07) is 12.1. The molecule has 0 radical (unpaired) electrons. The molecule has 3 atom stereocenters. The molecule has 2 aromatic rings. The van der Waals surface area contributed by atoms with E-state index in [2.05, 4.69) is 16.0 Å². The zero-order valence-electron chi connectivity index (χ0n) is 18.8. The fraction of sp³-hybridized carbons (Fsp3) is 0.375. The summed E-state index contributed by atoms with van der Waals surface area (Å²) in [6.45, 7) is 5.41. The Morgan fingerprint density at radius 2 is 1.85 bits per heavy atom. The average molecular weight is 472 g/mol. The molecule has 176 valence electrons. The molecule has 2 aromatic carbocycles. The number of benzene rings is 2. The van der Waals surface area contributed by atoms with Crippen molar-refractivity contribution in [3.05, 3.63) is 65.2 Å². The number of amides is 3. The van der Waals surface area contributed by atoms with Crippen LogP contribution >= 0.6 is 11.8 Å². The Hall–Kier alpha value is -2.88. The number of aromatic hydroxyl groups is 1. The van der Waals surface area contributed by atoms with Gasteiger partial charge in [-0.3, -0.25) is 25.0 Å². The first-order valence-corrected chi connectivity index (χ1v) is 11.6. The summed E-state index contributed by atoms with van der Waals surface area (Å²) in [7, 11) is 0. The third kappa shape index (κ3) is 5.93. The van der Waals surface area contributed by atoms with E-state index >= 15 is 0 Å². The van der Waals surface area contributed by atoms with Gasteiger partial charge in [-0.15, -0.1) is 11.8 Å². The standard InChI is InChI=1S/C24H29N3O5S/c1-14-16(10-7-11-18(14)28)21(30)26-17(12-15-8-5-4-6-9-15)19(29)22(31)27-23(32)20-24(2,3)33-13-25-20/h4-11,17,19-20,25,28-29H,12-13H2,1-3H3,(H,26,30)(H,27,31,32)/t17-,19-,20?/m0/s1. The monoisotopic (exact) mass is 471 g/mol. The fourth-order valence-corrected chi connectivity index (χ4v) is 4.70. The second kappa shape index (κ2) is 10.4. The molecule has 1 heterocycles. The molecule has 3 rings (SSSR count). The quantitative estimate of drug-likeness (QED) is 0.414. The van der Waals surface area contributed by atoms with Crippen molar-refractivity contribution in [2.75, 3.05) is 5.88 Å². The van der Waals surface area contributed by atoms with Crippen LogP contribution in [0.1, 0.15) is 35.3 Å². The van der Waals surface area contributed by atoms with E-state index in [1.807, 2.05) is 44.2 Å². The Morgan fingerprint density at radius 1 is 1.15 bits per heavy atom. The van der Waals surface area contributed by atoms with E-state index in [1.165, 1.54) is 6.07 Å². The van der Waals surface area contributed by atoms with Gasteiger partial charge in [0.2, 0.25) is 5.91 Å². The van der Waals surface area contributed by atoms with Gasteiger partial charge in [-0.05, 0) is 44.9 Å². The van der Waals surface area contributed by atoms with Gasteiger partial charge in [-0.2, -0.15) is 0 Å². The Labute approximate surface area is 197 Å². The number of carbonyl (C=O) groups is 3. The zero-order chi connectivity index (χ0) is 24.2. The van der Waals surface area contributed by atoms with Crippen molar-refractivity contribution in [2.24, 2.45) is 0 Å². The minimum Gasteiger partial charge on any atom is -0.508 e. The summed E-state index contributed by atoms with van der Waals surface area (Å²) in [6.07, 6.45) is -1.51. The third-order valence-corrected chi connectivity index (χ3v) is 7.04. The minimum absolute atomic E-state index is 0.0318. The topological polar surface area (TPSA) is 128 Å². The van der Waals surface area contributed by atoms with Crippen LogP contribution in [0.4, 0.5) is 0 Å². The Morgan fingerprint density at radius 3 is 2.48 bits per heavy atom. The van der Waals surface area contributed by atoms with E-state index in [9.17, 15) is 24.6 Å². The molecular formula is C24H29N3O5S. The number of hydrogen-bond acceptors (Lipinski definition) is 7. The van der Waals surface area contributed by atoms with Gasteiger partial charge in [-0.1, -0.05) is 36.4 Å². The summed E-state index contributed by atoms with van der Waals surface area (Å²) in [5.41, 5.74) is 1.41. The van der Waals surface area contributed by atoms with Crippen LogP contribution in [0.2, 0.25) is 0 Å². The number of rotatable bonds is 7. The molecule has 1 fully saturated rings. The van der Waals surface area contributed by atoms with Crippen LogP contribution < -0.4 is 16.0 Å². The maximum absolute atomic E-state index is 12.9. The van der Waals surface area contributed by atoms with Crippen LogP contribution in [0.5, 0.6) is 5.75 Å². The zero-order valence-corrected chi connectivity index (χ0v) is 19.6. The molecule has 0 saturated carbocycles. The number of aliphatic hydroxyl groups is 1. The molecule has 0 spiro atoms. The fourth-order valence-electron chi connectivity index (χ4n) is 3.72. The van der Waals surface area contributed by atoms with E-state index in [1.54, 1.807) is 30.8 Å². The molecule has 0 aromatic heterocycles. The molecular weight excluding hydrogens is 442 g/mol. The summed E-state index contributed by atoms with van der Waals surface area (Å²) in [5.74, 6) is -1.41. The largest absolute Gasteiger partial charge is 0.508 e. The van der Waals surface area contributed by atoms with Gasteiger partial charge < -0.3 is 15.5 Å². The Bertz CT molecular complexity index is 1030. The maximum Gasteiger partial charge on any atom is 0.257 e. The van der Waals surface area contributed by atoms with E-state index in [-0.39, 0.29) is 17.7 Å². The molecule has 33 heavy (non-hydrogen) atoms. The number of hydrogen-bond donors (Lipinski definition) is 5. The van der Waals surface area contributed by atoms with Crippen LogP contribution in [0, 0.1) is 6.92 Å². The lowest BCUT2D eigenvalue weighted by atomic mass is 9.98. The highest BCUT2D eigenvalue weighted by Crippen LogP contribution is 2.32. The number of nitrogens with one attached hydrogen (secondary N) is 3. The van der Waals surface area contributed by atoms with Gasteiger partial charge in [0.15, 0.2) is 6.10 Å². The maximum atomic E-state index is 12.9. The van der Waals surface area contributed by atoms with Crippen LogP contribution in [0.15, 0.2) is 48.5 Å². The highest BCUT2D eigenvalue weighted by atomic mass is 32.2. The second-order valence-corrected chi connectivity index (χ2v) is 10.2. The lowest BCUT2D eigenvalue weighted by Crippen LogP contribution is -2.57. The SMILES string of the molecule is Cc1c(O)cccc1C(=O)N[C@@H](Cc1ccccc1)[C@H](O)C(=O)NC(=O)C1NCSC1(C)C. The lowest BCUT2D eigenvalue weighted by Gasteiger charge is -2.27. The number of phenolic OH excluding ortho intramolecular Hbond substituents is 1. The lowest BCUT2D eigenvalue weighted by molar-refractivity contribution is -0.137. The van der Waals surface area contributed by atoms with Gasteiger partial charge in [-0.25, -0.2) is 0 Å². The normalized spacial score (nSPS) is 18.8. The van der Waals surface area contributed by atoms with Gasteiger partial charge in [0, 0.05) is 21.8 Å². The molecule has 1 unspecified atom stereocenters. The minimum atomic E-state index is -1.67. The van der Waals surface area contributed by atoms with Crippen LogP contribution in [-0.2, 0) is 16.0 Å². The van der Waals surface area contributed by atoms with Crippen molar-refractivity contribution in [1.29, 1.82) is 0 Å². The predicted molar refractivity (Wildman–Crippen MR) is 127 cm³/mol. The third-order valence-electron chi connectivity index (χ3n) is 5.75. The van der Waals surface area contributed by atoms with E-state index in [0.717, 1.165) is 5.56 Å². The first-order valence-electron chi connectivity index (χ1n) is 10.6. The summed E-state index contributed by atoms with van der Waals surface area (Å²) in [5, 5.41) is 28.8. The van der Waals surface area contributed by atoms with Crippen molar-refractivity contribution < 1.29 is 24.6 Å². The summed E-state index contributed by atoms with van der Waals surface area (Å²) >= 11 is 1.56. The van der Waals surface area contributed by atoms with E-state index < -0.39 is 40.7 Å². The number of thioether (sulfide) groups is 1. The number of aliphatic hydroxyl groups excluding tert-OH is 1. The molecule has 8 nitrogen and oxygen atoms in total. The summed E-state index contributed by atoms with van der Waals surface area (Å²) < 4.78 is -0.403. The predicted octanol–water partition coefficient (Wildman–Crippen LogP) is 1.49. The first-order chi connectivity index (χ1) is 15.6. The van der Waals surface area contributed by atoms with Crippen molar-refractivity contribution in [3.8, 4) is 5.75 Å². The number of carbonyl (C=O) groups excluding carboxylic acids is 3. The smallest absolute Gasteiger partial charge is 0.257 e. The van der Waals surface area contributed by atoms with Gasteiger partial charge >= 0.3 is 0 Å². The Kier molecular flexibility index (Phi) is 7.78. The molecule has 1 saturated heterocycles. The van der Waals surface area contributed by atoms with Crippen molar-refractivity contribution in [1.82, 2.24) is 16.0 Å². The van der Waals surface area contributed by atoms with Gasteiger partial charge in [0.1, 0.15) is 11.8 Å². The van der Waals surface area contributed by atoms with E-state index in [0.29, 0.717) is 11.4 Å². The highest BCUT2D eigenvalue weighted by Gasteiger charge is 2.41. The number of phenols is 1.